The van der Waals surface area contributed by atoms with Gasteiger partial charge < -0.3 is 4.90 Å². The molecule has 0 N–H and O–H groups in total. The predicted octanol–water partition coefficient (Wildman–Crippen LogP) is 4.31. The monoisotopic (exact) mass is 379 g/mol. The Hall–Kier alpha value is -2.80. The molecule has 5 nitrogen and oxygen atoms in total. The SMILES string of the molecule is Cn1cc(-c2ccc3sc(-c4ccc(N5CC[C@@H](F)C5)nc4)cc3n2)cn1. The minimum atomic E-state index is -0.742. The normalized spacial score (nSPS) is 17.1. The van der Waals surface area contributed by atoms with Gasteiger partial charge in [0.25, 0.3) is 0 Å². The number of nitrogens with zero attached hydrogens (tertiary/aromatic N) is 5. The second-order valence-corrected chi connectivity index (χ2v) is 7.91. The highest BCUT2D eigenvalue weighted by atomic mass is 32.1. The minimum Gasteiger partial charge on any atom is -0.354 e. The Morgan fingerprint density at radius 3 is 2.78 bits per heavy atom. The van der Waals surface area contributed by atoms with Crippen LogP contribution in [0.5, 0.6) is 0 Å². The maximum absolute atomic E-state index is 13.4. The first kappa shape index (κ1) is 16.4. The van der Waals surface area contributed by atoms with Crippen LogP contribution in [0.4, 0.5) is 10.2 Å². The molecule has 27 heavy (non-hydrogen) atoms. The molecule has 0 amide bonds. The van der Waals surface area contributed by atoms with E-state index in [0.717, 1.165) is 44.3 Å². The zero-order valence-corrected chi connectivity index (χ0v) is 15.7. The van der Waals surface area contributed by atoms with Gasteiger partial charge in [-0.2, -0.15) is 5.10 Å². The van der Waals surface area contributed by atoms with Crippen LogP contribution < -0.4 is 4.90 Å². The van der Waals surface area contributed by atoms with Gasteiger partial charge in [-0.15, -0.1) is 11.3 Å². The molecule has 0 unspecified atom stereocenters. The second-order valence-electron chi connectivity index (χ2n) is 6.83. The molecule has 1 aliphatic rings. The van der Waals surface area contributed by atoms with Gasteiger partial charge in [0, 0.05) is 42.0 Å². The Bertz CT molecular complexity index is 1100. The summed E-state index contributed by atoms with van der Waals surface area (Å²) in [5.41, 5.74) is 3.96. The number of fused-ring (bicyclic) bond motifs is 1. The number of thiophene rings is 1. The van der Waals surface area contributed by atoms with Crippen LogP contribution in [0.3, 0.4) is 0 Å². The molecule has 0 aromatic carbocycles. The Kier molecular flexibility index (Phi) is 3.89. The number of alkyl halides is 1. The number of aryl methyl sites for hydroxylation is 1. The van der Waals surface area contributed by atoms with Crippen molar-refractivity contribution in [1.82, 2.24) is 19.7 Å². The van der Waals surface area contributed by atoms with Crippen LogP contribution in [0.1, 0.15) is 6.42 Å². The molecule has 0 spiro atoms. The Labute approximate surface area is 160 Å². The average Bonchev–Trinajstić information content (AvgIpc) is 3.40. The smallest absolute Gasteiger partial charge is 0.128 e. The Morgan fingerprint density at radius 1 is 1.15 bits per heavy atom. The molecule has 1 aliphatic heterocycles. The van der Waals surface area contributed by atoms with E-state index in [9.17, 15) is 4.39 Å². The van der Waals surface area contributed by atoms with E-state index in [1.165, 1.54) is 0 Å². The highest BCUT2D eigenvalue weighted by Crippen LogP contribution is 2.34. The zero-order valence-electron chi connectivity index (χ0n) is 14.8. The van der Waals surface area contributed by atoms with E-state index in [-0.39, 0.29) is 0 Å². The molecule has 0 saturated carbocycles. The minimum absolute atomic E-state index is 0.441. The van der Waals surface area contributed by atoms with Crippen LogP contribution in [0.25, 0.3) is 31.9 Å². The quantitative estimate of drug-likeness (QED) is 0.532. The highest BCUT2D eigenvalue weighted by molar-refractivity contribution is 7.22. The standard InChI is InChI=1S/C20H18FN5S/c1-25-11-14(10-23-25)16-3-4-18-17(24-16)8-19(27-18)13-2-5-20(22-9-13)26-7-6-15(21)12-26/h2-5,8-11,15H,6-7,12H2,1H3/t15-/m1/s1. The lowest BCUT2D eigenvalue weighted by Gasteiger charge is -2.16. The van der Waals surface area contributed by atoms with Crippen molar-refractivity contribution in [2.75, 3.05) is 18.0 Å². The van der Waals surface area contributed by atoms with Gasteiger partial charge in [0.2, 0.25) is 0 Å². The summed E-state index contributed by atoms with van der Waals surface area (Å²) in [5, 5.41) is 4.21. The van der Waals surface area contributed by atoms with Crippen molar-refractivity contribution < 1.29 is 4.39 Å². The lowest BCUT2D eigenvalue weighted by molar-refractivity contribution is 0.364. The third kappa shape index (κ3) is 3.08. The molecule has 1 fully saturated rings. The molecule has 136 valence electrons. The molecule has 0 radical (unpaired) electrons. The van der Waals surface area contributed by atoms with Crippen molar-refractivity contribution in [1.29, 1.82) is 0 Å². The van der Waals surface area contributed by atoms with Gasteiger partial charge in [0.1, 0.15) is 12.0 Å². The maximum atomic E-state index is 13.4. The van der Waals surface area contributed by atoms with Gasteiger partial charge in [-0.3, -0.25) is 4.68 Å². The van der Waals surface area contributed by atoms with Gasteiger partial charge in [0.15, 0.2) is 0 Å². The average molecular weight is 379 g/mol. The van der Waals surface area contributed by atoms with Gasteiger partial charge in [0.05, 0.1) is 28.7 Å². The highest BCUT2D eigenvalue weighted by Gasteiger charge is 2.22. The fourth-order valence-electron chi connectivity index (χ4n) is 3.43. The lowest BCUT2D eigenvalue weighted by atomic mass is 10.2. The topological polar surface area (TPSA) is 46.8 Å². The van der Waals surface area contributed by atoms with Crippen molar-refractivity contribution in [3.05, 3.63) is 48.9 Å². The number of hydrogen-bond donors (Lipinski definition) is 0. The molecule has 1 atom stereocenters. The van der Waals surface area contributed by atoms with Crippen molar-refractivity contribution in [3.8, 4) is 21.7 Å². The molecule has 7 heteroatoms. The molecule has 0 bridgehead atoms. The Morgan fingerprint density at radius 2 is 2.07 bits per heavy atom. The summed E-state index contributed by atoms with van der Waals surface area (Å²) in [5.74, 6) is 0.844. The Balaban J connectivity index is 1.44. The fourth-order valence-corrected chi connectivity index (χ4v) is 4.42. The first-order valence-electron chi connectivity index (χ1n) is 8.91. The third-order valence-electron chi connectivity index (χ3n) is 4.86. The van der Waals surface area contributed by atoms with Crippen LogP contribution in [-0.2, 0) is 7.05 Å². The van der Waals surface area contributed by atoms with Crippen molar-refractivity contribution in [3.63, 3.8) is 0 Å². The summed E-state index contributed by atoms with van der Waals surface area (Å²) in [6, 6.07) is 10.3. The largest absolute Gasteiger partial charge is 0.354 e. The number of pyridine rings is 2. The molecule has 1 saturated heterocycles. The van der Waals surface area contributed by atoms with E-state index < -0.39 is 6.17 Å². The van der Waals surface area contributed by atoms with Gasteiger partial charge >= 0.3 is 0 Å². The summed E-state index contributed by atoms with van der Waals surface area (Å²) in [4.78, 5) is 12.5. The molecule has 4 aromatic heterocycles. The fraction of sp³-hybridized carbons (Fsp3) is 0.250. The van der Waals surface area contributed by atoms with E-state index in [1.54, 1.807) is 16.0 Å². The molecular formula is C20H18FN5S. The van der Waals surface area contributed by atoms with Crippen LogP contribution in [0, 0.1) is 0 Å². The van der Waals surface area contributed by atoms with Gasteiger partial charge in [-0.05, 0) is 36.8 Å². The maximum Gasteiger partial charge on any atom is 0.128 e. The molecule has 0 aliphatic carbocycles. The molecule has 4 aromatic rings. The van der Waals surface area contributed by atoms with E-state index in [1.807, 2.05) is 42.7 Å². The summed E-state index contributed by atoms with van der Waals surface area (Å²) in [7, 11) is 1.90. The molecule has 5 rings (SSSR count). The lowest BCUT2D eigenvalue weighted by Crippen LogP contribution is -2.20. The van der Waals surface area contributed by atoms with Crippen LogP contribution in [0.2, 0.25) is 0 Å². The number of rotatable bonds is 3. The molecule has 5 heterocycles. The van der Waals surface area contributed by atoms with Gasteiger partial charge in [-0.25, -0.2) is 14.4 Å². The third-order valence-corrected chi connectivity index (χ3v) is 6.00. The number of hydrogen-bond acceptors (Lipinski definition) is 5. The van der Waals surface area contributed by atoms with Crippen molar-refractivity contribution in [2.24, 2.45) is 7.05 Å². The van der Waals surface area contributed by atoms with Crippen LogP contribution in [-0.4, -0.2) is 39.0 Å². The number of anilines is 1. The predicted molar refractivity (Wildman–Crippen MR) is 107 cm³/mol. The first-order chi connectivity index (χ1) is 13.2. The summed E-state index contributed by atoms with van der Waals surface area (Å²) >= 11 is 1.70. The number of aromatic nitrogens is 4. The first-order valence-corrected chi connectivity index (χ1v) is 9.72. The van der Waals surface area contributed by atoms with Crippen LogP contribution >= 0.6 is 11.3 Å². The second kappa shape index (κ2) is 6.42. The summed E-state index contributed by atoms with van der Waals surface area (Å²) in [6.45, 7) is 1.17. The van der Waals surface area contributed by atoms with E-state index in [0.29, 0.717) is 13.0 Å². The zero-order chi connectivity index (χ0) is 18.4. The van der Waals surface area contributed by atoms with E-state index in [2.05, 4.69) is 28.3 Å². The van der Waals surface area contributed by atoms with Crippen LogP contribution in [0.15, 0.2) is 48.9 Å². The summed E-state index contributed by atoms with van der Waals surface area (Å²) in [6.07, 6.45) is 5.50. The molecular weight excluding hydrogens is 361 g/mol. The van der Waals surface area contributed by atoms with Crippen molar-refractivity contribution >= 4 is 27.4 Å². The van der Waals surface area contributed by atoms with Crippen molar-refractivity contribution in [2.45, 2.75) is 12.6 Å². The van der Waals surface area contributed by atoms with E-state index in [4.69, 9.17) is 4.98 Å². The summed E-state index contributed by atoms with van der Waals surface area (Å²) < 4.78 is 16.3. The number of halogens is 1. The van der Waals surface area contributed by atoms with E-state index >= 15 is 0 Å². The van der Waals surface area contributed by atoms with Gasteiger partial charge in [-0.1, -0.05) is 0 Å².